The van der Waals surface area contributed by atoms with Crippen molar-refractivity contribution in [1.82, 2.24) is 20.2 Å². The van der Waals surface area contributed by atoms with Gasteiger partial charge in [0.05, 0.1) is 12.5 Å². The Morgan fingerprint density at radius 3 is 3.12 bits per heavy atom. The molecule has 0 bridgehead atoms. The van der Waals surface area contributed by atoms with E-state index in [4.69, 9.17) is 0 Å². The zero-order valence-corrected chi connectivity index (χ0v) is 9.06. The van der Waals surface area contributed by atoms with E-state index < -0.39 is 0 Å². The van der Waals surface area contributed by atoms with Crippen molar-refractivity contribution in [2.45, 2.75) is 13.0 Å². The summed E-state index contributed by atoms with van der Waals surface area (Å²) in [5.41, 5.74) is 0. The quantitative estimate of drug-likeness (QED) is 0.724. The third-order valence-electron chi connectivity index (χ3n) is 2.70. The van der Waals surface area contributed by atoms with Gasteiger partial charge in [-0.2, -0.15) is 0 Å². The van der Waals surface area contributed by atoms with Gasteiger partial charge in [0.2, 0.25) is 11.8 Å². The lowest BCUT2D eigenvalue weighted by molar-refractivity contribution is -0.128. The molecule has 1 atom stereocenters. The van der Waals surface area contributed by atoms with Crippen molar-refractivity contribution in [3.05, 3.63) is 18.2 Å². The van der Waals surface area contributed by atoms with Gasteiger partial charge in [0.1, 0.15) is 5.82 Å². The molecule has 2 N–H and O–H groups in total. The Morgan fingerprint density at radius 2 is 2.56 bits per heavy atom. The van der Waals surface area contributed by atoms with E-state index in [0.717, 1.165) is 0 Å². The lowest BCUT2D eigenvalue weighted by Crippen LogP contribution is -2.32. The molecule has 1 unspecified atom stereocenters. The minimum Gasteiger partial charge on any atom is -0.349 e. The SMILES string of the molecule is CN1CC(C(=O)NCc2ncc[nH]2)CC1=O. The summed E-state index contributed by atoms with van der Waals surface area (Å²) in [5, 5.41) is 2.76. The van der Waals surface area contributed by atoms with E-state index in [1.54, 1.807) is 24.3 Å². The molecule has 6 nitrogen and oxygen atoms in total. The molecule has 2 rings (SSSR count). The highest BCUT2D eigenvalue weighted by molar-refractivity contribution is 5.88. The number of H-pyrrole nitrogens is 1. The molecule has 2 heterocycles. The van der Waals surface area contributed by atoms with Crippen LogP contribution in [-0.2, 0) is 16.1 Å². The summed E-state index contributed by atoms with van der Waals surface area (Å²) in [6, 6.07) is 0. The number of hydrogen-bond acceptors (Lipinski definition) is 3. The first-order chi connectivity index (χ1) is 7.66. The fraction of sp³-hybridized carbons (Fsp3) is 0.500. The van der Waals surface area contributed by atoms with Gasteiger partial charge in [-0.25, -0.2) is 4.98 Å². The number of hydrogen-bond donors (Lipinski definition) is 2. The van der Waals surface area contributed by atoms with E-state index in [1.165, 1.54) is 0 Å². The van der Waals surface area contributed by atoms with Crippen molar-refractivity contribution in [2.24, 2.45) is 5.92 Å². The fourth-order valence-corrected chi connectivity index (χ4v) is 1.75. The third-order valence-corrected chi connectivity index (χ3v) is 2.70. The summed E-state index contributed by atoms with van der Waals surface area (Å²) in [4.78, 5) is 31.4. The smallest absolute Gasteiger partial charge is 0.225 e. The molecule has 1 aliphatic heterocycles. The Kier molecular flexibility index (Phi) is 2.89. The van der Waals surface area contributed by atoms with E-state index >= 15 is 0 Å². The molecule has 2 amide bonds. The van der Waals surface area contributed by atoms with Crippen LogP contribution in [-0.4, -0.2) is 40.3 Å². The van der Waals surface area contributed by atoms with Gasteiger partial charge in [0.15, 0.2) is 0 Å². The van der Waals surface area contributed by atoms with Crippen LogP contribution >= 0.6 is 0 Å². The first-order valence-corrected chi connectivity index (χ1v) is 5.16. The van der Waals surface area contributed by atoms with E-state index in [2.05, 4.69) is 15.3 Å². The summed E-state index contributed by atoms with van der Waals surface area (Å²) in [5.74, 6) is 0.422. The average molecular weight is 222 g/mol. The van der Waals surface area contributed by atoms with Crippen LogP contribution in [0.4, 0.5) is 0 Å². The maximum atomic E-state index is 11.7. The number of nitrogens with zero attached hydrogens (tertiary/aromatic N) is 2. The second-order valence-corrected chi connectivity index (χ2v) is 3.93. The Bertz CT molecular complexity index is 388. The first-order valence-electron chi connectivity index (χ1n) is 5.16. The number of imidazole rings is 1. The van der Waals surface area contributed by atoms with Crippen molar-refractivity contribution in [2.75, 3.05) is 13.6 Å². The largest absolute Gasteiger partial charge is 0.349 e. The summed E-state index contributed by atoms with van der Waals surface area (Å²) in [6.45, 7) is 0.878. The number of carbonyl (C=O) groups excluding carboxylic acids is 2. The number of aromatic nitrogens is 2. The highest BCUT2D eigenvalue weighted by Gasteiger charge is 2.31. The topological polar surface area (TPSA) is 78.1 Å². The Morgan fingerprint density at radius 1 is 1.75 bits per heavy atom. The van der Waals surface area contributed by atoms with Crippen LogP contribution < -0.4 is 5.32 Å². The van der Waals surface area contributed by atoms with Crippen LogP contribution in [0.25, 0.3) is 0 Å². The van der Waals surface area contributed by atoms with Gasteiger partial charge in [0, 0.05) is 32.4 Å². The fourth-order valence-electron chi connectivity index (χ4n) is 1.75. The Hall–Kier alpha value is -1.85. The molecule has 16 heavy (non-hydrogen) atoms. The Balaban J connectivity index is 1.83. The zero-order valence-electron chi connectivity index (χ0n) is 9.06. The van der Waals surface area contributed by atoms with Gasteiger partial charge < -0.3 is 15.2 Å². The van der Waals surface area contributed by atoms with Crippen LogP contribution in [0.3, 0.4) is 0 Å². The van der Waals surface area contributed by atoms with Crippen molar-refractivity contribution in [3.63, 3.8) is 0 Å². The highest BCUT2D eigenvalue weighted by atomic mass is 16.2. The molecule has 1 aliphatic rings. The van der Waals surface area contributed by atoms with Crippen molar-refractivity contribution >= 4 is 11.8 Å². The van der Waals surface area contributed by atoms with E-state index in [9.17, 15) is 9.59 Å². The van der Waals surface area contributed by atoms with E-state index in [0.29, 0.717) is 25.3 Å². The number of aromatic amines is 1. The minimum atomic E-state index is -0.229. The summed E-state index contributed by atoms with van der Waals surface area (Å²) >= 11 is 0. The van der Waals surface area contributed by atoms with Crippen molar-refractivity contribution in [1.29, 1.82) is 0 Å². The lowest BCUT2D eigenvalue weighted by atomic mass is 10.1. The standard InChI is InChI=1S/C10H14N4O2/c1-14-6-7(4-9(14)15)10(16)13-5-8-11-2-3-12-8/h2-3,7H,4-6H2,1H3,(H,11,12)(H,13,16). The predicted molar refractivity (Wildman–Crippen MR) is 56.2 cm³/mol. The van der Waals surface area contributed by atoms with E-state index in [1.807, 2.05) is 0 Å². The molecule has 0 aliphatic carbocycles. The molecule has 6 heteroatoms. The predicted octanol–water partition coefficient (Wildman–Crippen LogP) is -0.496. The van der Waals surface area contributed by atoms with E-state index in [-0.39, 0.29) is 17.7 Å². The summed E-state index contributed by atoms with van der Waals surface area (Å²) in [7, 11) is 1.71. The molecule has 0 spiro atoms. The number of carbonyl (C=O) groups is 2. The van der Waals surface area contributed by atoms with Gasteiger partial charge in [-0.3, -0.25) is 9.59 Å². The van der Waals surface area contributed by atoms with Gasteiger partial charge in [-0.05, 0) is 0 Å². The van der Waals surface area contributed by atoms with Crippen LogP contribution in [0.5, 0.6) is 0 Å². The highest BCUT2D eigenvalue weighted by Crippen LogP contribution is 2.15. The minimum absolute atomic E-state index is 0.0261. The molecule has 1 fully saturated rings. The molecule has 0 radical (unpaired) electrons. The molecule has 0 saturated carbocycles. The maximum absolute atomic E-state index is 11.7. The number of rotatable bonds is 3. The molecule has 86 valence electrons. The van der Waals surface area contributed by atoms with Gasteiger partial charge in [0.25, 0.3) is 0 Å². The van der Waals surface area contributed by atoms with Crippen molar-refractivity contribution < 1.29 is 9.59 Å². The van der Waals surface area contributed by atoms with Crippen LogP contribution in [0.15, 0.2) is 12.4 Å². The summed E-state index contributed by atoms with van der Waals surface area (Å²) in [6.07, 6.45) is 3.64. The lowest BCUT2D eigenvalue weighted by Gasteiger charge is -2.10. The zero-order chi connectivity index (χ0) is 11.5. The average Bonchev–Trinajstić information content (AvgIpc) is 2.86. The molecule has 0 aromatic carbocycles. The van der Waals surface area contributed by atoms with Crippen molar-refractivity contribution in [3.8, 4) is 0 Å². The number of amides is 2. The van der Waals surface area contributed by atoms with Crippen LogP contribution in [0, 0.1) is 5.92 Å². The monoisotopic (exact) mass is 222 g/mol. The third kappa shape index (κ3) is 2.21. The van der Waals surface area contributed by atoms with Gasteiger partial charge in [-0.15, -0.1) is 0 Å². The van der Waals surface area contributed by atoms with Crippen LogP contribution in [0.1, 0.15) is 12.2 Å². The molecule has 1 saturated heterocycles. The van der Waals surface area contributed by atoms with Gasteiger partial charge in [-0.1, -0.05) is 0 Å². The second kappa shape index (κ2) is 4.34. The molecular formula is C10H14N4O2. The molecule has 1 aromatic rings. The Labute approximate surface area is 93.0 Å². The van der Waals surface area contributed by atoms with Crippen LogP contribution in [0.2, 0.25) is 0 Å². The number of likely N-dealkylation sites (tertiary alicyclic amines) is 1. The second-order valence-electron chi connectivity index (χ2n) is 3.93. The summed E-state index contributed by atoms with van der Waals surface area (Å²) < 4.78 is 0. The normalized spacial score (nSPS) is 20.2. The maximum Gasteiger partial charge on any atom is 0.225 e. The number of nitrogens with one attached hydrogen (secondary N) is 2. The first kappa shape index (κ1) is 10.7. The molecule has 1 aromatic heterocycles. The molecular weight excluding hydrogens is 208 g/mol. The van der Waals surface area contributed by atoms with Gasteiger partial charge >= 0.3 is 0 Å².